The lowest BCUT2D eigenvalue weighted by molar-refractivity contribution is 0.0608. The van der Waals surface area contributed by atoms with Gasteiger partial charge in [-0.1, -0.05) is 35.3 Å². The number of nitrogens with zero attached hydrogens (tertiary/aromatic N) is 3. The van der Waals surface area contributed by atoms with Gasteiger partial charge in [0.1, 0.15) is 5.56 Å². The fourth-order valence-electron chi connectivity index (χ4n) is 3.81. The number of rotatable bonds is 3. The lowest BCUT2D eigenvalue weighted by Gasteiger charge is -2.31. The van der Waals surface area contributed by atoms with Crippen molar-refractivity contribution in [2.24, 2.45) is 0 Å². The van der Waals surface area contributed by atoms with Crippen LogP contribution in [0.15, 0.2) is 46.2 Å². The van der Waals surface area contributed by atoms with Crippen molar-refractivity contribution in [3.63, 3.8) is 0 Å². The molecule has 2 N–H and O–H groups in total. The summed E-state index contributed by atoms with van der Waals surface area (Å²) in [4.78, 5) is 23.1. The zero-order valence-electron chi connectivity index (χ0n) is 16.0. The third-order valence-corrected chi connectivity index (χ3v) is 6.05. The van der Waals surface area contributed by atoms with E-state index >= 15 is 0 Å². The Hall–Kier alpha value is -2.61. The maximum atomic E-state index is 13.0. The van der Waals surface area contributed by atoms with Crippen LogP contribution in [0, 0.1) is 0 Å². The summed E-state index contributed by atoms with van der Waals surface area (Å²) in [5, 5.41) is 7.56. The Bertz CT molecular complexity index is 1100. The number of nitrogens with one attached hydrogen (secondary N) is 2. The molecule has 3 heterocycles. The molecule has 9 heteroatoms. The third kappa shape index (κ3) is 3.53. The number of ether oxygens (including phenoxy) is 1. The number of carbonyl (C=O) groups is 1. The van der Waals surface area contributed by atoms with Gasteiger partial charge < -0.3 is 15.4 Å². The SMILES string of the molecule is O=C1c2cnc(Nc3ccc4c(c3)CNCC4)nc2OCN1C1=C(Cl)CCC=C1Cl. The van der Waals surface area contributed by atoms with Crippen molar-refractivity contribution in [3.8, 4) is 5.88 Å². The fourth-order valence-corrected chi connectivity index (χ4v) is 4.50. The molecule has 7 nitrogen and oxygen atoms in total. The van der Waals surface area contributed by atoms with E-state index < -0.39 is 0 Å². The Balaban J connectivity index is 1.38. The minimum absolute atomic E-state index is 0.0115. The van der Waals surface area contributed by atoms with Gasteiger partial charge in [-0.05, 0) is 49.1 Å². The maximum absolute atomic E-state index is 13.0. The molecule has 30 heavy (non-hydrogen) atoms. The van der Waals surface area contributed by atoms with E-state index in [9.17, 15) is 4.79 Å². The second-order valence-corrected chi connectivity index (χ2v) is 8.16. The van der Waals surface area contributed by atoms with Crippen LogP contribution in [0.2, 0.25) is 0 Å². The molecule has 0 unspecified atom stereocenters. The number of carbonyl (C=O) groups excluding carboxylic acids is 1. The summed E-state index contributed by atoms with van der Waals surface area (Å²) >= 11 is 12.6. The molecule has 3 aliphatic rings. The van der Waals surface area contributed by atoms with Crippen LogP contribution in [0.1, 0.15) is 34.3 Å². The number of aromatic nitrogens is 2. The molecule has 0 spiro atoms. The zero-order valence-corrected chi connectivity index (χ0v) is 17.6. The maximum Gasteiger partial charge on any atom is 0.268 e. The number of halogens is 2. The van der Waals surface area contributed by atoms with E-state index in [4.69, 9.17) is 27.9 Å². The highest BCUT2D eigenvalue weighted by Gasteiger charge is 2.33. The lowest BCUT2D eigenvalue weighted by Crippen LogP contribution is -2.39. The predicted molar refractivity (Wildman–Crippen MR) is 115 cm³/mol. The van der Waals surface area contributed by atoms with Gasteiger partial charge in [0.05, 0.1) is 10.7 Å². The monoisotopic (exact) mass is 443 g/mol. The molecule has 0 bridgehead atoms. The Labute approximate surface area is 183 Å². The van der Waals surface area contributed by atoms with Crippen molar-refractivity contribution in [2.75, 3.05) is 18.6 Å². The highest BCUT2D eigenvalue weighted by Crippen LogP contribution is 2.36. The second-order valence-electron chi connectivity index (χ2n) is 7.30. The van der Waals surface area contributed by atoms with Crippen molar-refractivity contribution in [3.05, 3.63) is 62.9 Å². The molecule has 154 valence electrons. The summed E-state index contributed by atoms with van der Waals surface area (Å²) in [6, 6.07) is 6.21. The van der Waals surface area contributed by atoms with Crippen LogP contribution >= 0.6 is 23.2 Å². The molecular formula is C21H19Cl2N5O2. The van der Waals surface area contributed by atoms with Crippen LogP contribution in [0.4, 0.5) is 11.6 Å². The van der Waals surface area contributed by atoms with Crippen LogP contribution in [-0.4, -0.2) is 34.1 Å². The van der Waals surface area contributed by atoms with Crippen molar-refractivity contribution < 1.29 is 9.53 Å². The van der Waals surface area contributed by atoms with Gasteiger partial charge in [0.15, 0.2) is 6.73 Å². The van der Waals surface area contributed by atoms with Gasteiger partial charge in [-0.3, -0.25) is 9.69 Å². The van der Waals surface area contributed by atoms with Gasteiger partial charge in [-0.25, -0.2) is 4.98 Å². The number of fused-ring (bicyclic) bond motifs is 2. The van der Waals surface area contributed by atoms with Crippen LogP contribution in [0.25, 0.3) is 0 Å². The molecule has 0 atom stereocenters. The fraction of sp³-hybridized carbons (Fsp3) is 0.286. The molecule has 1 aliphatic carbocycles. The van der Waals surface area contributed by atoms with Crippen molar-refractivity contribution >= 4 is 40.7 Å². The second kappa shape index (κ2) is 7.91. The molecule has 0 fully saturated rings. The molecule has 5 rings (SSSR count). The first kappa shape index (κ1) is 19.4. The highest BCUT2D eigenvalue weighted by atomic mass is 35.5. The van der Waals surface area contributed by atoms with E-state index in [1.807, 2.05) is 12.1 Å². The number of hydrogen-bond acceptors (Lipinski definition) is 6. The van der Waals surface area contributed by atoms with Gasteiger partial charge in [0.25, 0.3) is 5.91 Å². The number of anilines is 2. The van der Waals surface area contributed by atoms with Crippen LogP contribution < -0.4 is 15.4 Å². The number of benzene rings is 1. The van der Waals surface area contributed by atoms with Gasteiger partial charge in [-0.2, -0.15) is 4.98 Å². The number of amides is 1. The average Bonchev–Trinajstić information content (AvgIpc) is 2.75. The van der Waals surface area contributed by atoms with E-state index in [0.29, 0.717) is 28.1 Å². The normalized spacial score (nSPS) is 18.4. The minimum Gasteiger partial charge on any atom is -0.455 e. The van der Waals surface area contributed by atoms with Gasteiger partial charge >= 0.3 is 0 Å². The standard InChI is InChI=1S/C21H19Cl2N5O2/c22-16-2-1-3-17(23)18(16)28-11-30-19-15(20(28)29)10-25-21(27-19)26-14-5-4-12-6-7-24-9-13(12)8-14/h2,4-5,8,10,24H,1,3,6-7,9,11H2,(H,25,26,27). The smallest absolute Gasteiger partial charge is 0.268 e. The molecule has 1 aromatic heterocycles. The summed E-state index contributed by atoms with van der Waals surface area (Å²) in [7, 11) is 0. The summed E-state index contributed by atoms with van der Waals surface area (Å²) in [5.41, 5.74) is 4.26. The summed E-state index contributed by atoms with van der Waals surface area (Å²) < 4.78 is 5.75. The molecular weight excluding hydrogens is 425 g/mol. The van der Waals surface area contributed by atoms with E-state index in [0.717, 1.165) is 31.6 Å². The lowest BCUT2D eigenvalue weighted by atomic mass is 10.0. The van der Waals surface area contributed by atoms with E-state index in [2.05, 4.69) is 32.7 Å². The minimum atomic E-state index is -0.288. The predicted octanol–water partition coefficient (Wildman–Crippen LogP) is 4.02. The summed E-state index contributed by atoms with van der Waals surface area (Å²) in [5.74, 6) is 0.317. The van der Waals surface area contributed by atoms with Crippen molar-refractivity contribution in [1.29, 1.82) is 0 Å². The average molecular weight is 444 g/mol. The van der Waals surface area contributed by atoms with E-state index in [1.54, 1.807) is 0 Å². The molecule has 1 amide bonds. The van der Waals surface area contributed by atoms with Crippen LogP contribution in [0.3, 0.4) is 0 Å². The molecule has 0 saturated heterocycles. The largest absolute Gasteiger partial charge is 0.455 e. The molecule has 0 radical (unpaired) electrons. The molecule has 2 aromatic rings. The summed E-state index contributed by atoms with van der Waals surface area (Å²) in [6.07, 6.45) is 5.73. The summed E-state index contributed by atoms with van der Waals surface area (Å²) in [6.45, 7) is 1.83. The zero-order chi connectivity index (χ0) is 20.7. The first-order valence-corrected chi connectivity index (χ1v) is 10.5. The quantitative estimate of drug-likeness (QED) is 0.745. The first-order chi connectivity index (χ1) is 14.6. The number of hydrogen-bond donors (Lipinski definition) is 2. The molecule has 0 saturated carbocycles. The van der Waals surface area contributed by atoms with Gasteiger partial charge in [0, 0.05) is 23.5 Å². The van der Waals surface area contributed by atoms with E-state index in [1.165, 1.54) is 22.2 Å². The first-order valence-electron chi connectivity index (χ1n) is 9.76. The third-order valence-electron chi connectivity index (χ3n) is 5.35. The highest BCUT2D eigenvalue weighted by molar-refractivity contribution is 6.36. The Morgan fingerprint density at radius 3 is 2.97 bits per heavy atom. The Kier molecular flexibility index (Phi) is 5.10. The van der Waals surface area contributed by atoms with Crippen LogP contribution in [-0.2, 0) is 13.0 Å². The van der Waals surface area contributed by atoms with Crippen LogP contribution in [0.5, 0.6) is 5.88 Å². The van der Waals surface area contributed by atoms with Gasteiger partial charge in [-0.15, -0.1) is 0 Å². The molecule has 1 aromatic carbocycles. The Morgan fingerprint density at radius 2 is 2.10 bits per heavy atom. The number of allylic oxidation sites excluding steroid dienone is 3. The van der Waals surface area contributed by atoms with Crippen molar-refractivity contribution in [2.45, 2.75) is 25.8 Å². The van der Waals surface area contributed by atoms with Gasteiger partial charge in [0.2, 0.25) is 11.8 Å². The van der Waals surface area contributed by atoms with Crippen molar-refractivity contribution in [1.82, 2.24) is 20.2 Å². The topological polar surface area (TPSA) is 79.4 Å². The molecule has 2 aliphatic heterocycles. The Morgan fingerprint density at radius 1 is 1.20 bits per heavy atom. The van der Waals surface area contributed by atoms with E-state index in [-0.39, 0.29) is 24.1 Å².